The van der Waals surface area contributed by atoms with Gasteiger partial charge in [0.1, 0.15) is 0 Å². The van der Waals surface area contributed by atoms with Crippen molar-refractivity contribution in [3.8, 4) is 0 Å². The average Bonchev–Trinajstić information content (AvgIpc) is 3.41. The lowest BCUT2D eigenvalue weighted by Crippen LogP contribution is -2.19. The summed E-state index contributed by atoms with van der Waals surface area (Å²) in [5.74, 6) is -2.48. The number of aliphatic hydroxyl groups excluding tert-OH is 1. The number of aliphatic hydroxyl groups is 1. The Morgan fingerprint density at radius 3 is 2.31 bits per heavy atom. The molecule has 0 saturated heterocycles. The highest BCUT2D eigenvalue weighted by atomic mass is 32.1. The van der Waals surface area contributed by atoms with Gasteiger partial charge >= 0.3 is 11.9 Å². The Morgan fingerprint density at radius 2 is 1.78 bits per heavy atom. The largest absolute Gasteiger partial charge is 0.481 e. The number of aliphatic carboxylic acids is 1. The third kappa shape index (κ3) is 7.66. The van der Waals surface area contributed by atoms with Gasteiger partial charge in [-0.25, -0.2) is 4.79 Å². The van der Waals surface area contributed by atoms with Crippen LogP contribution in [0.2, 0.25) is 0 Å². The molecule has 0 fully saturated rings. The smallest absolute Gasteiger partial charge is 0.335 e. The van der Waals surface area contributed by atoms with E-state index in [4.69, 9.17) is 15.3 Å². The third-order valence-electron chi connectivity index (χ3n) is 5.21. The maximum atomic E-state index is 10.9. The topological polar surface area (TPSA) is 99.8 Å². The SMILES string of the molecule is CCCCc1ccc(C)n1Cc1ccc(C(=O)O)cc1.O=C(O)C(CO)Cc1cccs1. The second-order valence-corrected chi connectivity index (χ2v) is 8.69. The first kappa shape index (κ1) is 25.4. The lowest BCUT2D eigenvalue weighted by Gasteiger charge is -2.12. The fourth-order valence-electron chi connectivity index (χ4n) is 3.26. The summed E-state index contributed by atoms with van der Waals surface area (Å²) in [5.41, 5.74) is 4.07. The Kier molecular flexibility index (Phi) is 10.2. The minimum atomic E-state index is -0.939. The Balaban J connectivity index is 0.000000258. The van der Waals surface area contributed by atoms with Crippen LogP contribution in [-0.2, 0) is 24.2 Å². The molecule has 1 unspecified atom stereocenters. The number of nitrogens with zero attached hydrogens (tertiary/aromatic N) is 1. The van der Waals surface area contributed by atoms with Crippen LogP contribution in [0.25, 0.3) is 0 Å². The Morgan fingerprint density at radius 1 is 1.06 bits per heavy atom. The number of hydrogen-bond donors (Lipinski definition) is 3. The number of hydrogen-bond acceptors (Lipinski definition) is 4. The number of benzene rings is 1. The summed E-state index contributed by atoms with van der Waals surface area (Å²) in [4.78, 5) is 22.3. The molecule has 0 aliphatic rings. The summed E-state index contributed by atoms with van der Waals surface area (Å²) in [7, 11) is 0. The quantitative estimate of drug-likeness (QED) is 0.403. The predicted molar refractivity (Wildman–Crippen MR) is 127 cm³/mol. The van der Waals surface area contributed by atoms with Crippen LogP contribution in [-0.4, -0.2) is 38.4 Å². The number of rotatable bonds is 10. The zero-order valence-electron chi connectivity index (χ0n) is 18.5. The third-order valence-corrected chi connectivity index (χ3v) is 6.11. The van der Waals surface area contributed by atoms with Crippen LogP contribution in [0.3, 0.4) is 0 Å². The molecule has 0 spiro atoms. The van der Waals surface area contributed by atoms with Crippen LogP contribution in [0.15, 0.2) is 53.9 Å². The summed E-state index contributed by atoms with van der Waals surface area (Å²) < 4.78 is 2.31. The Bertz CT molecular complexity index is 976. The van der Waals surface area contributed by atoms with E-state index in [2.05, 4.69) is 30.5 Å². The van der Waals surface area contributed by atoms with Gasteiger partial charge in [-0.15, -0.1) is 11.3 Å². The van der Waals surface area contributed by atoms with Crippen molar-refractivity contribution in [1.29, 1.82) is 0 Å². The summed E-state index contributed by atoms with van der Waals surface area (Å²) in [6.07, 6.45) is 3.90. The standard InChI is InChI=1S/C17H21NO2.C8H10O3S/c1-3-4-5-16-11-6-13(2)18(16)12-14-7-9-15(10-8-14)17(19)20;9-5-6(8(10)11)4-7-2-1-3-12-7/h6-11H,3-5,12H2,1-2H3,(H,19,20);1-3,6,9H,4-5H2,(H,10,11). The van der Waals surface area contributed by atoms with Crippen LogP contribution in [0, 0.1) is 12.8 Å². The molecule has 3 rings (SSSR count). The summed E-state index contributed by atoms with van der Waals surface area (Å²) in [5, 5.41) is 28.1. The molecule has 2 aromatic heterocycles. The molecule has 1 aromatic carbocycles. The molecule has 0 amide bonds. The van der Waals surface area contributed by atoms with Crippen molar-refractivity contribution in [3.63, 3.8) is 0 Å². The van der Waals surface area contributed by atoms with E-state index in [1.165, 1.54) is 35.6 Å². The first-order chi connectivity index (χ1) is 15.3. The minimum absolute atomic E-state index is 0.298. The van der Waals surface area contributed by atoms with Gasteiger partial charge < -0.3 is 19.9 Å². The summed E-state index contributed by atoms with van der Waals surface area (Å²) in [6, 6.07) is 15.2. The molecule has 0 saturated carbocycles. The fourth-order valence-corrected chi connectivity index (χ4v) is 4.05. The fraction of sp³-hybridized carbons (Fsp3) is 0.360. The number of carbonyl (C=O) groups is 2. The van der Waals surface area contributed by atoms with Crippen LogP contribution < -0.4 is 0 Å². The summed E-state index contributed by atoms with van der Waals surface area (Å²) in [6.45, 7) is 4.82. The molecule has 0 aliphatic heterocycles. The predicted octanol–water partition coefficient (Wildman–Crippen LogP) is 4.87. The molecule has 0 radical (unpaired) electrons. The maximum Gasteiger partial charge on any atom is 0.335 e. The van der Waals surface area contributed by atoms with Crippen molar-refractivity contribution in [1.82, 2.24) is 4.57 Å². The van der Waals surface area contributed by atoms with Crippen molar-refractivity contribution < 1.29 is 24.9 Å². The molecule has 3 aromatic rings. The van der Waals surface area contributed by atoms with Gasteiger partial charge in [-0.1, -0.05) is 31.5 Å². The lowest BCUT2D eigenvalue weighted by atomic mass is 10.1. The van der Waals surface area contributed by atoms with E-state index < -0.39 is 17.9 Å². The number of unbranched alkanes of at least 4 members (excludes halogenated alkanes) is 1. The highest BCUT2D eigenvalue weighted by Gasteiger charge is 2.16. The molecule has 6 nitrogen and oxygen atoms in total. The van der Waals surface area contributed by atoms with Crippen LogP contribution in [0.1, 0.15) is 52.0 Å². The molecule has 32 heavy (non-hydrogen) atoms. The van der Waals surface area contributed by atoms with E-state index in [9.17, 15) is 9.59 Å². The second-order valence-electron chi connectivity index (χ2n) is 7.66. The van der Waals surface area contributed by atoms with E-state index in [0.717, 1.165) is 23.4 Å². The van der Waals surface area contributed by atoms with Crippen molar-refractivity contribution in [3.05, 3.63) is 81.3 Å². The van der Waals surface area contributed by atoms with Gasteiger partial charge in [0.2, 0.25) is 0 Å². The number of aromatic nitrogens is 1. The second kappa shape index (κ2) is 12.8. The van der Waals surface area contributed by atoms with E-state index in [1.807, 2.05) is 29.6 Å². The van der Waals surface area contributed by atoms with E-state index in [0.29, 0.717) is 12.0 Å². The number of thiophene rings is 1. The van der Waals surface area contributed by atoms with Gasteiger partial charge in [0.05, 0.1) is 18.1 Å². The molecule has 0 aliphatic carbocycles. The molecule has 7 heteroatoms. The van der Waals surface area contributed by atoms with Crippen LogP contribution in [0.4, 0.5) is 0 Å². The first-order valence-corrected chi connectivity index (χ1v) is 11.6. The number of carboxylic acids is 2. The highest BCUT2D eigenvalue weighted by Crippen LogP contribution is 2.16. The van der Waals surface area contributed by atoms with Gasteiger partial charge in [-0.05, 0) is 67.5 Å². The van der Waals surface area contributed by atoms with E-state index in [1.54, 1.807) is 12.1 Å². The zero-order valence-corrected chi connectivity index (χ0v) is 19.3. The molecular formula is C25H31NO5S. The van der Waals surface area contributed by atoms with Gasteiger partial charge in [0.25, 0.3) is 0 Å². The van der Waals surface area contributed by atoms with Gasteiger partial charge in [-0.2, -0.15) is 0 Å². The van der Waals surface area contributed by atoms with Gasteiger partial charge in [0.15, 0.2) is 0 Å². The molecule has 0 bridgehead atoms. The van der Waals surface area contributed by atoms with Crippen LogP contribution >= 0.6 is 11.3 Å². The number of aromatic carboxylic acids is 1. The molecule has 3 N–H and O–H groups in total. The molecule has 172 valence electrons. The van der Waals surface area contributed by atoms with Crippen molar-refractivity contribution >= 4 is 23.3 Å². The Hall–Kier alpha value is -2.90. The normalized spacial score (nSPS) is 11.5. The van der Waals surface area contributed by atoms with Gasteiger partial charge in [0, 0.05) is 22.8 Å². The Labute approximate surface area is 192 Å². The number of carboxylic acid groups (broad SMARTS) is 2. The molecule has 1 atom stereocenters. The molecular weight excluding hydrogens is 426 g/mol. The number of aryl methyl sites for hydroxylation is 2. The summed E-state index contributed by atoms with van der Waals surface area (Å²) >= 11 is 1.51. The van der Waals surface area contributed by atoms with Gasteiger partial charge in [-0.3, -0.25) is 4.79 Å². The lowest BCUT2D eigenvalue weighted by molar-refractivity contribution is -0.142. The maximum absolute atomic E-state index is 10.9. The van der Waals surface area contributed by atoms with Crippen molar-refractivity contribution in [2.24, 2.45) is 5.92 Å². The average molecular weight is 458 g/mol. The first-order valence-electron chi connectivity index (χ1n) is 10.7. The van der Waals surface area contributed by atoms with Crippen LogP contribution in [0.5, 0.6) is 0 Å². The zero-order chi connectivity index (χ0) is 23.5. The van der Waals surface area contributed by atoms with E-state index >= 15 is 0 Å². The van der Waals surface area contributed by atoms with Crippen molar-refractivity contribution in [2.45, 2.75) is 46.1 Å². The highest BCUT2D eigenvalue weighted by molar-refractivity contribution is 7.09. The van der Waals surface area contributed by atoms with Crippen molar-refractivity contribution in [2.75, 3.05) is 6.61 Å². The monoisotopic (exact) mass is 457 g/mol. The van der Waals surface area contributed by atoms with E-state index in [-0.39, 0.29) is 6.61 Å². The molecule has 2 heterocycles. The minimum Gasteiger partial charge on any atom is -0.481 e.